The average molecular weight is 343 g/mol. The summed E-state index contributed by atoms with van der Waals surface area (Å²) in [5.41, 5.74) is 2.43. The van der Waals surface area contributed by atoms with Gasteiger partial charge in [0, 0.05) is 24.3 Å². The van der Waals surface area contributed by atoms with Crippen LogP contribution in [0.25, 0.3) is 11.0 Å². The lowest BCUT2D eigenvalue weighted by atomic mass is 10.2. The summed E-state index contributed by atoms with van der Waals surface area (Å²) in [7, 11) is 0. The molecule has 0 aliphatic carbocycles. The van der Waals surface area contributed by atoms with Crippen molar-refractivity contribution in [1.82, 2.24) is 15.3 Å². The van der Waals surface area contributed by atoms with Crippen molar-refractivity contribution in [3.8, 4) is 0 Å². The number of aromatic nitrogens is 2. The number of H-pyrrole nitrogens is 1. The minimum atomic E-state index is -0.303. The second-order valence-corrected chi connectivity index (χ2v) is 6.35. The lowest BCUT2D eigenvalue weighted by Gasteiger charge is -2.05. The molecule has 0 fully saturated rings. The number of nitrogens with zero attached hydrogens (tertiary/aromatic N) is 1. The van der Waals surface area contributed by atoms with Crippen LogP contribution in [0.4, 0.5) is 4.39 Å². The van der Waals surface area contributed by atoms with Gasteiger partial charge in [-0.05, 0) is 42.2 Å². The Bertz CT molecular complexity index is 845. The number of imidazole rings is 1. The fraction of sp³-hybridized carbons (Fsp3) is 0.222. The zero-order valence-corrected chi connectivity index (χ0v) is 14.1. The van der Waals surface area contributed by atoms with E-state index in [0.717, 1.165) is 5.56 Å². The zero-order chi connectivity index (χ0) is 16.9. The van der Waals surface area contributed by atoms with Gasteiger partial charge in [0.25, 0.3) is 0 Å². The summed E-state index contributed by atoms with van der Waals surface area (Å²) in [4.78, 5) is 20.6. The summed E-state index contributed by atoms with van der Waals surface area (Å²) in [5.74, 6) is 0.355. The Morgan fingerprint density at radius 2 is 2.04 bits per heavy atom. The van der Waals surface area contributed by atoms with Crippen molar-refractivity contribution in [2.45, 2.75) is 24.3 Å². The Kier molecular flexibility index (Phi) is 5.15. The van der Waals surface area contributed by atoms with E-state index in [1.54, 1.807) is 17.8 Å². The van der Waals surface area contributed by atoms with E-state index < -0.39 is 0 Å². The zero-order valence-electron chi connectivity index (χ0n) is 13.3. The fourth-order valence-corrected chi connectivity index (χ4v) is 2.83. The first-order valence-corrected chi connectivity index (χ1v) is 8.90. The number of carbonyl (C=O) groups excluding carboxylic acids is 1. The minimum Gasteiger partial charge on any atom is -0.352 e. The van der Waals surface area contributed by atoms with E-state index in [2.05, 4.69) is 15.3 Å². The Morgan fingerprint density at radius 1 is 1.25 bits per heavy atom. The Morgan fingerprint density at radius 3 is 2.79 bits per heavy atom. The van der Waals surface area contributed by atoms with Crippen LogP contribution in [0, 0.1) is 5.82 Å². The van der Waals surface area contributed by atoms with Gasteiger partial charge in [0.15, 0.2) is 0 Å². The SMILES string of the molecule is CSc1ccc(CNC(=O)CCc2nc3ccc(F)cc3[nH]2)cc1. The van der Waals surface area contributed by atoms with Crippen molar-refractivity contribution in [3.63, 3.8) is 0 Å². The van der Waals surface area contributed by atoms with E-state index in [0.29, 0.717) is 36.2 Å². The standard InChI is InChI=1S/C18H18FN3OS/c1-24-14-5-2-12(3-6-14)11-20-18(23)9-8-17-21-15-7-4-13(19)10-16(15)22-17/h2-7,10H,8-9,11H2,1H3,(H,20,23)(H,21,22). The van der Waals surface area contributed by atoms with E-state index in [4.69, 9.17) is 0 Å². The second kappa shape index (κ2) is 7.49. The number of hydrogen-bond donors (Lipinski definition) is 2. The number of nitrogens with one attached hydrogen (secondary N) is 2. The number of halogens is 1. The lowest BCUT2D eigenvalue weighted by Crippen LogP contribution is -2.23. The van der Waals surface area contributed by atoms with E-state index in [9.17, 15) is 9.18 Å². The van der Waals surface area contributed by atoms with Gasteiger partial charge in [-0.2, -0.15) is 0 Å². The molecule has 0 unspecified atom stereocenters. The van der Waals surface area contributed by atoms with Gasteiger partial charge in [-0.1, -0.05) is 12.1 Å². The molecule has 24 heavy (non-hydrogen) atoms. The molecule has 0 aliphatic rings. The summed E-state index contributed by atoms with van der Waals surface area (Å²) >= 11 is 1.69. The molecule has 124 valence electrons. The van der Waals surface area contributed by atoms with E-state index in [-0.39, 0.29) is 11.7 Å². The van der Waals surface area contributed by atoms with Crippen LogP contribution >= 0.6 is 11.8 Å². The predicted octanol–water partition coefficient (Wildman–Crippen LogP) is 3.67. The maximum Gasteiger partial charge on any atom is 0.220 e. The molecule has 0 aliphatic heterocycles. The van der Waals surface area contributed by atoms with Crippen molar-refractivity contribution in [2.24, 2.45) is 0 Å². The van der Waals surface area contributed by atoms with Gasteiger partial charge in [-0.3, -0.25) is 4.79 Å². The normalized spacial score (nSPS) is 10.9. The number of thioether (sulfide) groups is 1. The van der Waals surface area contributed by atoms with Crippen LogP contribution in [0.1, 0.15) is 17.8 Å². The van der Waals surface area contributed by atoms with Crippen LogP contribution in [0.5, 0.6) is 0 Å². The number of rotatable bonds is 6. The fourth-order valence-electron chi connectivity index (χ4n) is 2.42. The van der Waals surface area contributed by atoms with Crippen LogP contribution in [-0.2, 0) is 17.8 Å². The molecule has 6 heteroatoms. The predicted molar refractivity (Wildman–Crippen MR) is 94.4 cm³/mol. The molecule has 0 radical (unpaired) electrons. The number of aryl methyl sites for hydroxylation is 1. The Hall–Kier alpha value is -2.34. The molecule has 1 aromatic heterocycles. The maximum atomic E-state index is 13.2. The molecule has 0 saturated heterocycles. The monoisotopic (exact) mass is 343 g/mol. The van der Waals surface area contributed by atoms with Crippen LogP contribution in [0.15, 0.2) is 47.4 Å². The number of hydrogen-bond acceptors (Lipinski definition) is 3. The highest BCUT2D eigenvalue weighted by molar-refractivity contribution is 7.98. The van der Waals surface area contributed by atoms with E-state index in [1.807, 2.05) is 30.5 Å². The third-order valence-electron chi connectivity index (χ3n) is 3.73. The molecular formula is C18H18FN3OS. The molecule has 0 saturated carbocycles. The summed E-state index contributed by atoms with van der Waals surface area (Å²) in [6, 6.07) is 12.5. The smallest absolute Gasteiger partial charge is 0.220 e. The highest BCUT2D eigenvalue weighted by Crippen LogP contribution is 2.15. The van der Waals surface area contributed by atoms with E-state index >= 15 is 0 Å². The van der Waals surface area contributed by atoms with Gasteiger partial charge in [0.1, 0.15) is 11.6 Å². The van der Waals surface area contributed by atoms with Gasteiger partial charge in [0.05, 0.1) is 11.0 Å². The summed E-state index contributed by atoms with van der Waals surface area (Å²) in [6.45, 7) is 0.513. The van der Waals surface area contributed by atoms with Crippen molar-refractivity contribution < 1.29 is 9.18 Å². The summed E-state index contributed by atoms with van der Waals surface area (Å²) in [6.07, 6.45) is 2.86. The van der Waals surface area contributed by atoms with Crippen molar-refractivity contribution in [2.75, 3.05) is 6.26 Å². The van der Waals surface area contributed by atoms with Gasteiger partial charge in [-0.15, -0.1) is 11.8 Å². The molecule has 1 heterocycles. The quantitative estimate of drug-likeness (QED) is 0.672. The van der Waals surface area contributed by atoms with Crippen LogP contribution < -0.4 is 5.32 Å². The Labute approximate surface area is 143 Å². The van der Waals surface area contributed by atoms with E-state index in [1.165, 1.54) is 17.0 Å². The molecule has 4 nitrogen and oxygen atoms in total. The second-order valence-electron chi connectivity index (χ2n) is 5.47. The third-order valence-corrected chi connectivity index (χ3v) is 4.47. The molecule has 3 rings (SSSR count). The number of benzene rings is 2. The number of amides is 1. The molecule has 2 aromatic carbocycles. The van der Waals surface area contributed by atoms with Crippen molar-refractivity contribution >= 4 is 28.7 Å². The maximum absolute atomic E-state index is 13.2. The van der Waals surface area contributed by atoms with Crippen LogP contribution in [-0.4, -0.2) is 22.1 Å². The number of carbonyl (C=O) groups is 1. The summed E-state index contributed by atoms with van der Waals surface area (Å²) < 4.78 is 13.2. The summed E-state index contributed by atoms with van der Waals surface area (Å²) in [5, 5.41) is 2.90. The number of aromatic amines is 1. The van der Waals surface area contributed by atoms with Gasteiger partial charge in [-0.25, -0.2) is 9.37 Å². The van der Waals surface area contributed by atoms with Gasteiger partial charge in [0.2, 0.25) is 5.91 Å². The van der Waals surface area contributed by atoms with Crippen LogP contribution in [0.3, 0.4) is 0 Å². The highest BCUT2D eigenvalue weighted by Gasteiger charge is 2.07. The molecule has 2 N–H and O–H groups in total. The average Bonchev–Trinajstić information content (AvgIpc) is 3.00. The molecule has 0 spiro atoms. The minimum absolute atomic E-state index is 0.0319. The van der Waals surface area contributed by atoms with Crippen molar-refractivity contribution in [1.29, 1.82) is 0 Å². The van der Waals surface area contributed by atoms with Gasteiger partial charge >= 0.3 is 0 Å². The van der Waals surface area contributed by atoms with Gasteiger partial charge < -0.3 is 10.3 Å². The topological polar surface area (TPSA) is 57.8 Å². The molecular weight excluding hydrogens is 325 g/mol. The lowest BCUT2D eigenvalue weighted by molar-refractivity contribution is -0.121. The molecule has 3 aromatic rings. The molecule has 0 bridgehead atoms. The molecule has 1 amide bonds. The Balaban J connectivity index is 1.50. The number of fused-ring (bicyclic) bond motifs is 1. The first kappa shape index (κ1) is 16.5. The first-order valence-electron chi connectivity index (χ1n) is 7.68. The molecule has 0 atom stereocenters. The van der Waals surface area contributed by atoms with Crippen molar-refractivity contribution in [3.05, 3.63) is 59.7 Å². The highest BCUT2D eigenvalue weighted by atomic mass is 32.2. The first-order chi connectivity index (χ1) is 11.6. The third kappa shape index (κ3) is 4.14. The van der Waals surface area contributed by atoms with Crippen LogP contribution in [0.2, 0.25) is 0 Å². The largest absolute Gasteiger partial charge is 0.352 e.